The molecule has 1 saturated heterocycles. The van der Waals surface area contributed by atoms with E-state index in [1.165, 1.54) is 17.2 Å². The second-order valence-corrected chi connectivity index (χ2v) is 12.3. The van der Waals surface area contributed by atoms with E-state index in [2.05, 4.69) is 19.1 Å². The van der Waals surface area contributed by atoms with Gasteiger partial charge in [-0.1, -0.05) is 19.1 Å². The fourth-order valence-electron chi connectivity index (χ4n) is 7.00. The van der Waals surface area contributed by atoms with Gasteiger partial charge in [0.15, 0.2) is 0 Å². The van der Waals surface area contributed by atoms with E-state index >= 15 is 8.78 Å². The maximum atomic E-state index is 15.0. The summed E-state index contributed by atoms with van der Waals surface area (Å²) >= 11 is 0. The summed E-state index contributed by atoms with van der Waals surface area (Å²) in [5, 5.41) is 0. The average Bonchev–Trinajstić information content (AvgIpc) is 3.58. The number of carbonyl (C=O) groups is 1. The molecule has 6 rings (SSSR count). The first-order valence-corrected chi connectivity index (χ1v) is 15.5. The summed E-state index contributed by atoms with van der Waals surface area (Å²) in [4.78, 5) is 12.3. The Labute approximate surface area is 252 Å². The van der Waals surface area contributed by atoms with Crippen molar-refractivity contribution in [1.29, 1.82) is 0 Å². The minimum Gasteiger partial charge on any atom is -0.490 e. The highest BCUT2D eigenvalue weighted by Gasteiger charge is 2.60. The van der Waals surface area contributed by atoms with Crippen molar-refractivity contribution in [2.75, 3.05) is 26.4 Å². The molecule has 0 amide bonds. The van der Waals surface area contributed by atoms with Crippen LogP contribution in [0.25, 0.3) is 11.1 Å². The molecule has 0 spiro atoms. The highest BCUT2D eigenvalue weighted by atomic mass is 19.1. The number of ether oxygens (including phenoxy) is 4. The third-order valence-electron chi connectivity index (χ3n) is 9.36. The summed E-state index contributed by atoms with van der Waals surface area (Å²) < 4.78 is 52.7. The third kappa shape index (κ3) is 5.88. The molecule has 3 atom stereocenters. The van der Waals surface area contributed by atoms with E-state index in [4.69, 9.17) is 18.9 Å². The van der Waals surface area contributed by atoms with Crippen LogP contribution in [0.1, 0.15) is 66.0 Å². The summed E-state index contributed by atoms with van der Waals surface area (Å²) in [6.45, 7) is 9.24. The van der Waals surface area contributed by atoms with E-state index in [1.54, 1.807) is 6.07 Å². The molecule has 1 aliphatic heterocycles. The van der Waals surface area contributed by atoms with Crippen molar-refractivity contribution in [2.24, 2.45) is 11.8 Å². The molecule has 5 nitrogen and oxygen atoms in total. The predicted octanol–water partition coefficient (Wildman–Crippen LogP) is 7.60. The lowest BCUT2D eigenvalue weighted by Gasteiger charge is -2.29. The number of fused-ring (bicyclic) bond motifs is 3. The first kappa shape index (κ1) is 29.6. The minimum absolute atomic E-state index is 0.00234. The molecule has 0 N–H and O–H groups in total. The molecular weight excluding hydrogens is 550 g/mol. The van der Waals surface area contributed by atoms with Crippen molar-refractivity contribution in [2.45, 2.75) is 71.6 Å². The monoisotopic (exact) mass is 590 g/mol. The molecular formula is C36H40F2O5. The molecule has 1 saturated carbocycles. The van der Waals surface area contributed by atoms with Crippen LogP contribution >= 0.6 is 0 Å². The van der Waals surface area contributed by atoms with Crippen molar-refractivity contribution in [3.8, 4) is 22.6 Å². The van der Waals surface area contributed by atoms with Crippen LogP contribution in [0.2, 0.25) is 0 Å². The van der Waals surface area contributed by atoms with Crippen LogP contribution < -0.4 is 9.47 Å². The number of alkyl halides is 1. The third-order valence-corrected chi connectivity index (χ3v) is 9.36. The van der Waals surface area contributed by atoms with Crippen LogP contribution in [-0.2, 0) is 33.7 Å². The normalized spacial score (nSPS) is 21.6. The Morgan fingerprint density at radius 3 is 2.44 bits per heavy atom. The second-order valence-electron chi connectivity index (χ2n) is 12.3. The van der Waals surface area contributed by atoms with Gasteiger partial charge in [0.05, 0.1) is 12.5 Å². The van der Waals surface area contributed by atoms with Gasteiger partial charge in [0, 0.05) is 37.5 Å². The molecule has 1 heterocycles. The minimum atomic E-state index is -1.37. The zero-order valence-electron chi connectivity index (χ0n) is 25.4. The quantitative estimate of drug-likeness (QED) is 0.228. The summed E-state index contributed by atoms with van der Waals surface area (Å²) in [5.74, 6) is 1.51. The van der Waals surface area contributed by atoms with E-state index in [9.17, 15) is 4.79 Å². The Morgan fingerprint density at radius 2 is 1.74 bits per heavy atom. The van der Waals surface area contributed by atoms with Crippen molar-refractivity contribution in [3.63, 3.8) is 0 Å². The topological polar surface area (TPSA) is 54.0 Å². The Bertz CT molecular complexity index is 1500. The summed E-state index contributed by atoms with van der Waals surface area (Å²) in [7, 11) is 0. The number of hydrogen-bond acceptors (Lipinski definition) is 5. The highest BCUT2D eigenvalue weighted by molar-refractivity contribution is 5.80. The van der Waals surface area contributed by atoms with Gasteiger partial charge >= 0.3 is 5.97 Å². The molecule has 0 bridgehead atoms. The molecule has 3 aliphatic rings. The summed E-state index contributed by atoms with van der Waals surface area (Å²) in [5.41, 5.74) is 6.44. The smallest absolute Gasteiger partial charge is 0.309 e. The Kier molecular flexibility index (Phi) is 8.20. The van der Waals surface area contributed by atoms with Gasteiger partial charge in [0.2, 0.25) is 0 Å². The van der Waals surface area contributed by atoms with Crippen molar-refractivity contribution >= 4 is 5.97 Å². The molecule has 3 aromatic rings. The molecule has 0 aromatic heterocycles. The predicted molar refractivity (Wildman–Crippen MR) is 161 cm³/mol. The van der Waals surface area contributed by atoms with Crippen LogP contribution in [0.5, 0.6) is 11.5 Å². The first-order chi connectivity index (χ1) is 20.7. The van der Waals surface area contributed by atoms with E-state index in [0.717, 1.165) is 46.4 Å². The van der Waals surface area contributed by atoms with Gasteiger partial charge < -0.3 is 18.9 Å². The molecule has 7 heteroatoms. The maximum absolute atomic E-state index is 15.0. The van der Waals surface area contributed by atoms with Gasteiger partial charge in [-0.15, -0.1) is 0 Å². The molecule has 2 fully saturated rings. The SMILES string of the molecule is CCOC(=O)C1C2Cc3cc(OCc4cc(-c5c(C)cc(OCC6(F)CCOCC6)cc5C)ccc4F)c(CC)cc3C21. The van der Waals surface area contributed by atoms with E-state index in [-0.39, 0.29) is 36.8 Å². The average molecular weight is 591 g/mol. The number of rotatable bonds is 10. The molecule has 0 radical (unpaired) electrons. The number of hydrogen-bond donors (Lipinski definition) is 0. The molecule has 3 aromatic carbocycles. The largest absolute Gasteiger partial charge is 0.490 e. The maximum Gasteiger partial charge on any atom is 0.309 e. The number of esters is 1. The highest BCUT2D eigenvalue weighted by Crippen LogP contribution is 2.62. The van der Waals surface area contributed by atoms with E-state index < -0.39 is 5.67 Å². The van der Waals surface area contributed by atoms with E-state index in [1.807, 2.05) is 39.0 Å². The Balaban J connectivity index is 1.17. The van der Waals surface area contributed by atoms with Crippen LogP contribution in [0.3, 0.4) is 0 Å². The van der Waals surface area contributed by atoms with Crippen molar-refractivity contribution < 1.29 is 32.5 Å². The lowest BCUT2D eigenvalue weighted by molar-refractivity contribution is -0.145. The van der Waals surface area contributed by atoms with Gasteiger partial charge in [0.1, 0.15) is 36.2 Å². The molecule has 228 valence electrons. The van der Waals surface area contributed by atoms with Crippen LogP contribution in [0, 0.1) is 31.5 Å². The molecule has 2 aliphatic carbocycles. The molecule has 43 heavy (non-hydrogen) atoms. The van der Waals surface area contributed by atoms with Gasteiger partial charge in [-0.3, -0.25) is 4.79 Å². The lowest BCUT2D eigenvalue weighted by atomic mass is 9.94. The Hall–Kier alpha value is -3.45. The summed E-state index contributed by atoms with van der Waals surface area (Å²) in [6.07, 6.45) is 2.29. The van der Waals surface area contributed by atoms with Gasteiger partial charge in [0.25, 0.3) is 0 Å². The van der Waals surface area contributed by atoms with Crippen LogP contribution in [-0.4, -0.2) is 38.1 Å². The molecule has 3 unspecified atom stereocenters. The lowest BCUT2D eigenvalue weighted by Crippen LogP contribution is -2.37. The van der Waals surface area contributed by atoms with Gasteiger partial charge in [-0.25, -0.2) is 8.78 Å². The van der Waals surface area contributed by atoms with Crippen molar-refractivity contribution in [1.82, 2.24) is 0 Å². The number of benzene rings is 3. The number of halogens is 2. The van der Waals surface area contributed by atoms with Crippen LogP contribution in [0.15, 0.2) is 42.5 Å². The number of aryl methyl sites for hydroxylation is 3. The zero-order chi connectivity index (χ0) is 30.3. The van der Waals surface area contributed by atoms with Gasteiger partial charge in [-0.2, -0.15) is 0 Å². The number of carbonyl (C=O) groups excluding carboxylic acids is 1. The fourth-order valence-corrected chi connectivity index (χ4v) is 7.00. The van der Waals surface area contributed by atoms with Crippen LogP contribution in [0.4, 0.5) is 8.78 Å². The van der Waals surface area contributed by atoms with Gasteiger partial charge in [-0.05, 0) is 109 Å². The summed E-state index contributed by atoms with van der Waals surface area (Å²) in [6, 6.07) is 13.2. The first-order valence-electron chi connectivity index (χ1n) is 15.5. The van der Waals surface area contributed by atoms with Crippen molar-refractivity contribution in [3.05, 3.63) is 81.7 Å². The van der Waals surface area contributed by atoms with E-state index in [0.29, 0.717) is 49.9 Å². The fraction of sp³-hybridized carbons (Fsp3) is 0.472. The zero-order valence-corrected chi connectivity index (χ0v) is 25.4. The Morgan fingerprint density at radius 1 is 1.00 bits per heavy atom. The standard InChI is InChI=1S/C36H40F2O5/c1-5-23-16-28-25(17-29-33(28)34(29)35(39)41-6-2)18-31(23)42-19-26-15-24(7-8-30(26)37)32-21(3)13-27(14-22(32)4)43-20-36(38)9-11-40-12-10-36/h7-8,13-16,18,29,33-34H,5-6,9-12,17,19-20H2,1-4H3. The second kappa shape index (κ2) is 11.9.